The Labute approximate surface area is 87.7 Å². The summed E-state index contributed by atoms with van der Waals surface area (Å²) in [5.41, 5.74) is 0. The van der Waals surface area contributed by atoms with Crippen molar-refractivity contribution in [3.05, 3.63) is 15.8 Å². The monoisotopic (exact) mass is 214 g/mol. The molecule has 1 aromatic heterocycles. The van der Waals surface area contributed by atoms with Crippen molar-refractivity contribution in [3.8, 4) is 5.75 Å². The van der Waals surface area contributed by atoms with Gasteiger partial charge in [0.25, 0.3) is 0 Å². The van der Waals surface area contributed by atoms with Gasteiger partial charge in [-0.15, -0.1) is 11.3 Å². The zero-order chi connectivity index (χ0) is 10.7. The van der Waals surface area contributed by atoms with Gasteiger partial charge in [0.2, 0.25) is 0 Å². The molecule has 0 unspecified atom stereocenters. The smallest absolute Gasteiger partial charge is 0.351 e. The maximum atomic E-state index is 11.3. The summed E-state index contributed by atoms with van der Waals surface area (Å²) >= 11 is 1.43. The molecule has 0 atom stereocenters. The maximum absolute atomic E-state index is 11.3. The van der Waals surface area contributed by atoms with Gasteiger partial charge in [-0.25, -0.2) is 4.79 Å². The van der Waals surface area contributed by atoms with E-state index >= 15 is 0 Å². The highest BCUT2D eigenvalue weighted by atomic mass is 32.1. The Morgan fingerprint density at radius 2 is 2.07 bits per heavy atom. The van der Waals surface area contributed by atoms with E-state index in [1.807, 2.05) is 6.07 Å². The van der Waals surface area contributed by atoms with Gasteiger partial charge in [-0.1, -0.05) is 13.8 Å². The van der Waals surface area contributed by atoms with Crippen molar-refractivity contribution in [2.75, 3.05) is 14.2 Å². The highest BCUT2D eigenvalue weighted by molar-refractivity contribution is 7.14. The predicted molar refractivity (Wildman–Crippen MR) is 56.3 cm³/mol. The Balaban J connectivity index is 3.08. The number of rotatable bonds is 3. The summed E-state index contributed by atoms with van der Waals surface area (Å²) in [5, 5.41) is 0. The average Bonchev–Trinajstić information content (AvgIpc) is 2.60. The molecule has 0 saturated carbocycles. The molecule has 78 valence electrons. The van der Waals surface area contributed by atoms with E-state index in [2.05, 4.69) is 18.6 Å². The topological polar surface area (TPSA) is 35.5 Å². The molecule has 0 N–H and O–H groups in total. The summed E-state index contributed by atoms with van der Waals surface area (Å²) < 4.78 is 9.77. The Hall–Kier alpha value is -1.03. The minimum atomic E-state index is -0.334. The van der Waals surface area contributed by atoms with E-state index in [9.17, 15) is 4.79 Å². The molecule has 0 aliphatic heterocycles. The van der Waals surface area contributed by atoms with Gasteiger partial charge in [-0.05, 0) is 12.0 Å². The van der Waals surface area contributed by atoms with Gasteiger partial charge < -0.3 is 9.47 Å². The number of carbonyl (C=O) groups excluding carboxylic acids is 1. The first kappa shape index (κ1) is 11.0. The van der Waals surface area contributed by atoms with E-state index in [0.717, 1.165) is 4.88 Å². The fourth-order valence-corrected chi connectivity index (χ4v) is 2.11. The van der Waals surface area contributed by atoms with Crippen LogP contribution >= 0.6 is 11.3 Å². The SMILES string of the molecule is COC(=O)c1sc(C(C)C)cc1OC. The van der Waals surface area contributed by atoms with E-state index in [1.165, 1.54) is 18.4 Å². The van der Waals surface area contributed by atoms with Gasteiger partial charge >= 0.3 is 5.97 Å². The first-order valence-corrected chi connectivity index (χ1v) is 5.17. The fraction of sp³-hybridized carbons (Fsp3) is 0.500. The van der Waals surface area contributed by atoms with Gasteiger partial charge in [-0.2, -0.15) is 0 Å². The molecule has 0 saturated heterocycles. The number of methoxy groups -OCH3 is 2. The van der Waals surface area contributed by atoms with Crippen LogP contribution in [0.25, 0.3) is 0 Å². The molecule has 3 nitrogen and oxygen atoms in total. The van der Waals surface area contributed by atoms with Crippen LogP contribution in [0.5, 0.6) is 5.75 Å². The lowest BCUT2D eigenvalue weighted by Crippen LogP contribution is -1.99. The van der Waals surface area contributed by atoms with Gasteiger partial charge in [0.05, 0.1) is 14.2 Å². The third-order valence-electron chi connectivity index (χ3n) is 1.88. The largest absolute Gasteiger partial charge is 0.495 e. The van der Waals surface area contributed by atoms with Crippen molar-refractivity contribution >= 4 is 17.3 Å². The number of carbonyl (C=O) groups is 1. The molecule has 14 heavy (non-hydrogen) atoms. The quantitative estimate of drug-likeness (QED) is 0.726. The van der Waals surface area contributed by atoms with Crippen molar-refractivity contribution in [2.45, 2.75) is 19.8 Å². The van der Waals surface area contributed by atoms with Crippen molar-refractivity contribution in [2.24, 2.45) is 0 Å². The van der Waals surface area contributed by atoms with Crippen LogP contribution in [-0.2, 0) is 4.74 Å². The summed E-state index contributed by atoms with van der Waals surface area (Å²) in [6, 6.07) is 1.89. The second kappa shape index (κ2) is 4.46. The minimum absolute atomic E-state index is 0.334. The summed E-state index contributed by atoms with van der Waals surface area (Å²) in [6.07, 6.45) is 0. The lowest BCUT2D eigenvalue weighted by Gasteiger charge is -1.98. The molecule has 0 radical (unpaired) electrons. The fourth-order valence-electron chi connectivity index (χ4n) is 1.06. The van der Waals surface area contributed by atoms with Gasteiger partial charge in [-0.3, -0.25) is 0 Å². The molecule has 0 amide bonds. The highest BCUT2D eigenvalue weighted by Gasteiger charge is 2.18. The highest BCUT2D eigenvalue weighted by Crippen LogP contribution is 2.33. The van der Waals surface area contributed by atoms with E-state index in [4.69, 9.17) is 4.74 Å². The molecule has 0 aliphatic rings. The number of ether oxygens (including phenoxy) is 2. The predicted octanol–water partition coefficient (Wildman–Crippen LogP) is 2.67. The molecule has 0 fully saturated rings. The van der Waals surface area contributed by atoms with Crippen LogP contribution in [0.3, 0.4) is 0 Å². The van der Waals surface area contributed by atoms with E-state index in [1.54, 1.807) is 7.11 Å². The molecule has 1 rings (SSSR count). The minimum Gasteiger partial charge on any atom is -0.495 e. The van der Waals surface area contributed by atoms with Crippen LogP contribution < -0.4 is 4.74 Å². The molecule has 0 aromatic carbocycles. The van der Waals surface area contributed by atoms with Gasteiger partial charge in [0, 0.05) is 4.88 Å². The Morgan fingerprint density at radius 3 is 2.50 bits per heavy atom. The van der Waals surface area contributed by atoms with Crippen LogP contribution in [0.2, 0.25) is 0 Å². The number of esters is 1. The number of hydrogen-bond acceptors (Lipinski definition) is 4. The Kier molecular flexibility index (Phi) is 3.52. The van der Waals surface area contributed by atoms with E-state index < -0.39 is 0 Å². The summed E-state index contributed by atoms with van der Waals surface area (Å²) in [7, 11) is 2.93. The Bertz CT molecular complexity index is 328. The molecular weight excluding hydrogens is 200 g/mol. The lowest BCUT2D eigenvalue weighted by atomic mass is 10.2. The normalized spacial score (nSPS) is 10.4. The molecule has 0 spiro atoms. The first-order chi connectivity index (χ1) is 6.60. The average molecular weight is 214 g/mol. The van der Waals surface area contributed by atoms with Crippen molar-refractivity contribution < 1.29 is 14.3 Å². The van der Waals surface area contributed by atoms with Crippen LogP contribution in [-0.4, -0.2) is 20.2 Å². The van der Waals surface area contributed by atoms with Crippen LogP contribution in [0.15, 0.2) is 6.07 Å². The third-order valence-corrected chi connectivity index (χ3v) is 3.27. The van der Waals surface area contributed by atoms with Crippen molar-refractivity contribution in [1.29, 1.82) is 0 Å². The van der Waals surface area contributed by atoms with E-state index in [0.29, 0.717) is 16.5 Å². The van der Waals surface area contributed by atoms with Gasteiger partial charge in [0.1, 0.15) is 5.75 Å². The third kappa shape index (κ3) is 2.07. The molecule has 1 aromatic rings. The van der Waals surface area contributed by atoms with Crippen molar-refractivity contribution in [1.82, 2.24) is 0 Å². The van der Waals surface area contributed by atoms with Crippen LogP contribution in [0, 0.1) is 0 Å². The second-order valence-electron chi connectivity index (χ2n) is 3.19. The second-order valence-corrected chi connectivity index (χ2v) is 4.28. The summed E-state index contributed by atoms with van der Waals surface area (Å²) in [6.45, 7) is 4.15. The Morgan fingerprint density at radius 1 is 1.43 bits per heavy atom. The van der Waals surface area contributed by atoms with Gasteiger partial charge in [0.15, 0.2) is 4.88 Å². The first-order valence-electron chi connectivity index (χ1n) is 4.36. The zero-order valence-electron chi connectivity index (χ0n) is 8.79. The lowest BCUT2D eigenvalue weighted by molar-refractivity contribution is 0.0603. The standard InChI is InChI=1S/C10H14O3S/c1-6(2)8-5-7(12-3)9(14-8)10(11)13-4/h5-6H,1-4H3. The molecule has 0 bridgehead atoms. The van der Waals surface area contributed by atoms with E-state index in [-0.39, 0.29) is 5.97 Å². The molecule has 0 aliphatic carbocycles. The zero-order valence-corrected chi connectivity index (χ0v) is 9.60. The molecule has 4 heteroatoms. The van der Waals surface area contributed by atoms with Crippen LogP contribution in [0.1, 0.15) is 34.3 Å². The number of thiophene rings is 1. The number of hydrogen-bond donors (Lipinski definition) is 0. The molecular formula is C10H14O3S. The van der Waals surface area contributed by atoms with Crippen LogP contribution in [0.4, 0.5) is 0 Å². The molecule has 1 heterocycles. The van der Waals surface area contributed by atoms with Crippen molar-refractivity contribution in [3.63, 3.8) is 0 Å². The summed E-state index contributed by atoms with van der Waals surface area (Å²) in [4.78, 5) is 13.0. The summed E-state index contributed by atoms with van der Waals surface area (Å²) in [5.74, 6) is 0.664. The maximum Gasteiger partial charge on any atom is 0.351 e.